The first-order chi connectivity index (χ1) is 11.7. The molecule has 0 saturated heterocycles. The molecule has 1 N–H and O–H groups in total. The number of esters is 1. The molecule has 0 unspecified atom stereocenters. The molecule has 1 heterocycles. The maximum Gasteiger partial charge on any atom is 0.342 e. The number of anilines is 1. The van der Waals surface area contributed by atoms with E-state index < -0.39 is 18.0 Å². The highest BCUT2D eigenvalue weighted by molar-refractivity contribution is 6.35. The van der Waals surface area contributed by atoms with Gasteiger partial charge in [0.25, 0.3) is 5.91 Å². The number of nitrogens with zero attached hydrogens (tertiary/aromatic N) is 1. The SMILES string of the molecule is Cc1cc(C)c(C(=O)O[C@@H](C)C(=O)Nc2cc(Cl)ccc2Cl)c(Cl)n1. The Hall–Kier alpha value is -1.82. The van der Waals surface area contributed by atoms with Gasteiger partial charge in [-0.05, 0) is 50.6 Å². The maximum atomic E-state index is 12.3. The normalized spacial score (nSPS) is 11.8. The van der Waals surface area contributed by atoms with E-state index in [0.29, 0.717) is 27.0 Å². The number of ether oxygens (including phenoxy) is 1. The molecule has 2 rings (SSSR count). The Bertz CT molecular complexity index is 817. The van der Waals surface area contributed by atoms with Gasteiger partial charge in [-0.1, -0.05) is 34.8 Å². The van der Waals surface area contributed by atoms with Gasteiger partial charge < -0.3 is 10.1 Å². The van der Waals surface area contributed by atoms with Crippen molar-refractivity contribution in [2.24, 2.45) is 0 Å². The van der Waals surface area contributed by atoms with Crippen molar-refractivity contribution < 1.29 is 14.3 Å². The molecule has 8 heteroatoms. The molecular formula is C17H15Cl3N2O3. The molecule has 1 atom stereocenters. The van der Waals surface area contributed by atoms with Gasteiger partial charge in [0.15, 0.2) is 6.10 Å². The zero-order chi connectivity index (χ0) is 18.7. The molecule has 0 radical (unpaired) electrons. The minimum atomic E-state index is -1.07. The number of hydrogen-bond acceptors (Lipinski definition) is 4. The van der Waals surface area contributed by atoms with E-state index in [1.165, 1.54) is 13.0 Å². The maximum absolute atomic E-state index is 12.3. The van der Waals surface area contributed by atoms with Crippen LogP contribution in [0.5, 0.6) is 0 Å². The fourth-order valence-electron chi connectivity index (χ4n) is 2.14. The summed E-state index contributed by atoms with van der Waals surface area (Å²) in [5, 5.41) is 3.33. The summed E-state index contributed by atoms with van der Waals surface area (Å²) in [7, 11) is 0. The Morgan fingerprint density at radius 3 is 2.48 bits per heavy atom. The van der Waals surface area contributed by atoms with Crippen LogP contribution in [0.3, 0.4) is 0 Å². The highest BCUT2D eigenvalue weighted by Crippen LogP contribution is 2.26. The number of halogens is 3. The smallest absolute Gasteiger partial charge is 0.342 e. The lowest BCUT2D eigenvalue weighted by molar-refractivity contribution is -0.123. The Balaban J connectivity index is 2.11. The van der Waals surface area contributed by atoms with E-state index >= 15 is 0 Å². The van der Waals surface area contributed by atoms with Crippen LogP contribution >= 0.6 is 34.8 Å². The second-order valence-corrected chi connectivity index (χ2v) is 6.61. The van der Waals surface area contributed by atoms with E-state index in [2.05, 4.69) is 10.3 Å². The molecule has 0 aliphatic carbocycles. The lowest BCUT2D eigenvalue weighted by Gasteiger charge is -2.15. The van der Waals surface area contributed by atoms with E-state index in [4.69, 9.17) is 39.5 Å². The predicted octanol–water partition coefficient (Wildman–Crippen LogP) is 4.84. The van der Waals surface area contributed by atoms with Gasteiger partial charge in [-0.2, -0.15) is 0 Å². The second kappa shape index (κ2) is 8.04. The van der Waals surface area contributed by atoms with Crippen LogP contribution in [0.1, 0.15) is 28.5 Å². The molecule has 0 aliphatic rings. The first-order valence-corrected chi connectivity index (χ1v) is 8.43. The van der Waals surface area contributed by atoms with Gasteiger partial charge in [-0.25, -0.2) is 9.78 Å². The number of aryl methyl sites for hydroxylation is 2. The molecule has 5 nitrogen and oxygen atoms in total. The summed E-state index contributed by atoms with van der Waals surface area (Å²) >= 11 is 17.9. The molecule has 1 aromatic heterocycles. The first kappa shape index (κ1) is 19.5. The Kier molecular flexibility index (Phi) is 6.27. The molecular weight excluding hydrogens is 387 g/mol. The summed E-state index contributed by atoms with van der Waals surface area (Å²) in [6, 6.07) is 6.36. The quantitative estimate of drug-likeness (QED) is 0.588. The monoisotopic (exact) mass is 400 g/mol. The van der Waals surface area contributed by atoms with Crippen molar-refractivity contribution in [1.82, 2.24) is 4.98 Å². The summed E-state index contributed by atoms with van der Waals surface area (Å²) in [6.45, 7) is 4.92. The van der Waals surface area contributed by atoms with Crippen LogP contribution in [0.4, 0.5) is 5.69 Å². The standard InChI is InChI=1S/C17H15Cl3N2O3/c1-8-6-9(2)21-15(20)14(8)17(24)25-10(3)16(23)22-13-7-11(18)4-5-12(13)19/h4-7,10H,1-3H3,(H,22,23)/t10-/m0/s1. The number of aromatic nitrogens is 1. The lowest BCUT2D eigenvalue weighted by atomic mass is 10.1. The highest BCUT2D eigenvalue weighted by Gasteiger charge is 2.23. The van der Waals surface area contributed by atoms with Gasteiger partial charge in [-0.15, -0.1) is 0 Å². The van der Waals surface area contributed by atoms with Gasteiger partial charge in [0.05, 0.1) is 16.3 Å². The van der Waals surface area contributed by atoms with Gasteiger partial charge >= 0.3 is 5.97 Å². The summed E-state index contributed by atoms with van der Waals surface area (Å²) in [5.41, 5.74) is 1.76. The van der Waals surface area contributed by atoms with E-state index in [1.54, 1.807) is 32.0 Å². The molecule has 0 aliphatic heterocycles. The van der Waals surface area contributed by atoms with Crippen molar-refractivity contribution in [2.45, 2.75) is 26.9 Å². The topological polar surface area (TPSA) is 68.3 Å². The second-order valence-electron chi connectivity index (χ2n) is 5.41. The lowest BCUT2D eigenvalue weighted by Crippen LogP contribution is -2.30. The van der Waals surface area contributed by atoms with Gasteiger partial charge in [0.2, 0.25) is 0 Å². The third-order valence-electron chi connectivity index (χ3n) is 3.34. The number of pyridine rings is 1. The fourth-order valence-corrected chi connectivity index (χ4v) is 2.83. The van der Waals surface area contributed by atoms with Crippen molar-refractivity contribution in [3.05, 3.63) is 56.3 Å². The number of carbonyl (C=O) groups excluding carboxylic acids is 2. The Morgan fingerprint density at radius 2 is 1.84 bits per heavy atom. The number of nitrogens with one attached hydrogen (secondary N) is 1. The van der Waals surface area contributed by atoms with Gasteiger partial charge in [0, 0.05) is 10.7 Å². The summed E-state index contributed by atoms with van der Waals surface area (Å²) < 4.78 is 5.19. The number of hydrogen-bond donors (Lipinski definition) is 1. The molecule has 1 amide bonds. The van der Waals surface area contributed by atoms with Crippen molar-refractivity contribution in [2.75, 3.05) is 5.32 Å². The largest absolute Gasteiger partial charge is 0.449 e. The Morgan fingerprint density at radius 1 is 1.16 bits per heavy atom. The third-order valence-corrected chi connectivity index (χ3v) is 4.18. The summed E-state index contributed by atoms with van der Waals surface area (Å²) in [6.07, 6.45) is -1.07. The van der Waals surface area contributed by atoms with Crippen LogP contribution in [0.15, 0.2) is 24.3 Å². The average Bonchev–Trinajstić information content (AvgIpc) is 2.49. The highest BCUT2D eigenvalue weighted by atomic mass is 35.5. The number of rotatable bonds is 4. The van der Waals surface area contributed by atoms with Crippen molar-refractivity contribution in [3.8, 4) is 0 Å². The van der Waals surface area contributed by atoms with E-state index in [-0.39, 0.29) is 10.7 Å². The molecule has 0 fully saturated rings. The zero-order valence-electron chi connectivity index (χ0n) is 13.7. The van der Waals surface area contributed by atoms with Crippen LogP contribution in [0, 0.1) is 13.8 Å². The fraction of sp³-hybridized carbons (Fsp3) is 0.235. The number of benzene rings is 1. The van der Waals surface area contributed by atoms with Crippen LogP contribution in [-0.2, 0) is 9.53 Å². The van der Waals surface area contributed by atoms with Crippen LogP contribution in [0.25, 0.3) is 0 Å². The predicted molar refractivity (Wildman–Crippen MR) is 98.7 cm³/mol. The molecule has 2 aromatic rings. The molecule has 1 aromatic carbocycles. The number of amides is 1. The van der Waals surface area contributed by atoms with Crippen molar-refractivity contribution in [3.63, 3.8) is 0 Å². The van der Waals surface area contributed by atoms with E-state index in [1.807, 2.05) is 0 Å². The summed E-state index contributed by atoms with van der Waals surface area (Å²) in [4.78, 5) is 28.6. The van der Waals surface area contributed by atoms with Gasteiger partial charge in [0.1, 0.15) is 5.15 Å². The van der Waals surface area contributed by atoms with E-state index in [0.717, 1.165) is 0 Å². The minimum Gasteiger partial charge on any atom is -0.449 e. The van der Waals surface area contributed by atoms with Gasteiger partial charge in [-0.3, -0.25) is 4.79 Å². The first-order valence-electron chi connectivity index (χ1n) is 7.29. The Labute approximate surface area is 160 Å². The molecule has 132 valence electrons. The molecule has 25 heavy (non-hydrogen) atoms. The molecule has 0 bridgehead atoms. The third kappa shape index (κ3) is 4.84. The van der Waals surface area contributed by atoms with E-state index in [9.17, 15) is 9.59 Å². The molecule has 0 spiro atoms. The van der Waals surface area contributed by atoms with Crippen LogP contribution < -0.4 is 5.32 Å². The summed E-state index contributed by atoms with van der Waals surface area (Å²) in [5.74, 6) is -1.28. The number of carbonyl (C=O) groups is 2. The van der Waals surface area contributed by atoms with Crippen LogP contribution in [-0.4, -0.2) is 23.0 Å². The average molecular weight is 402 g/mol. The van der Waals surface area contributed by atoms with Crippen LogP contribution in [0.2, 0.25) is 15.2 Å². The zero-order valence-corrected chi connectivity index (χ0v) is 16.0. The van der Waals surface area contributed by atoms with Crippen molar-refractivity contribution in [1.29, 1.82) is 0 Å². The minimum absolute atomic E-state index is 0.0352. The molecule has 0 saturated carbocycles. The van der Waals surface area contributed by atoms with Crippen molar-refractivity contribution >= 4 is 52.4 Å².